The molecule has 0 amide bonds. The van der Waals surface area contributed by atoms with Crippen molar-refractivity contribution in [2.75, 3.05) is 0 Å². The maximum Gasteiger partial charge on any atom is 0.419 e. The van der Waals surface area contributed by atoms with Crippen LogP contribution in [0.2, 0.25) is 0 Å². The number of alkyl halides is 3. The van der Waals surface area contributed by atoms with Crippen LogP contribution in [-0.2, 0) is 31.9 Å². The SMILES string of the molecule is CCC=C[C@H]1CCc2c(ccc3c2CC[C@H](c2ccc(C(F)(F)F)c(F)c2)C3)C1. The molecule has 0 heterocycles. The van der Waals surface area contributed by atoms with Crippen molar-refractivity contribution in [3.63, 3.8) is 0 Å². The fourth-order valence-corrected chi connectivity index (χ4v) is 4.99. The van der Waals surface area contributed by atoms with E-state index in [1.807, 2.05) is 0 Å². The van der Waals surface area contributed by atoms with Crippen LogP contribution in [0.4, 0.5) is 17.6 Å². The van der Waals surface area contributed by atoms with E-state index < -0.39 is 17.6 Å². The molecular formula is C25H26F4. The highest BCUT2D eigenvalue weighted by atomic mass is 19.4. The molecule has 0 aliphatic heterocycles. The summed E-state index contributed by atoms with van der Waals surface area (Å²) in [6, 6.07) is 7.84. The third-order valence-electron chi connectivity index (χ3n) is 6.50. The van der Waals surface area contributed by atoms with Crippen molar-refractivity contribution in [3.05, 3.63) is 81.7 Å². The van der Waals surface area contributed by atoms with Gasteiger partial charge in [-0.25, -0.2) is 4.39 Å². The molecule has 2 aromatic rings. The summed E-state index contributed by atoms with van der Waals surface area (Å²) in [6.45, 7) is 2.16. The fourth-order valence-electron chi connectivity index (χ4n) is 4.99. The quantitative estimate of drug-likeness (QED) is 0.376. The number of benzene rings is 2. The first-order valence-corrected chi connectivity index (χ1v) is 10.5. The molecule has 0 N–H and O–H groups in total. The molecule has 2 aliphatic carbocycles. The summed E-state index contributed by atoms with van der Waals surface area (Å²) in [6.07, 6.45) is 6.92. The predicted octanol–water partition coefficient (Wildman–Crippen LogP) is 7.19. The van der Waals surface area contributed by atoms with E-state index in [9.17, 15) is 17.6 Å². The molecule has 2 aliphatic rings. The van der Waals surface area contributed by atoms with Gasteiger partial charge in [0.15, 0.2) is 0 Å². The Balaban J connectivity index is 1.55. The number of allylic oxidation sites excluding steroid dienone is 2. The zero-order valence-electron chi connectivity index (χ0n) is 16.7. The van der Waals surface area contributed by atoms with E-state index >= 15 is 0 Å². The lowest BCUT2D eigenvalue weighted by Crippen LogP contribution is -2.20. The summed E-state index contributed by atoms with van der Waals surface area (Å²) >= 11 is 0. The summed E-state index contributed by atoms with van der Waals surface area (Å²) in [5, 5.41) is 0. The highest BCUT2D eigenvalue weighted by molar-refractivity contribution is 5.46. The molecule has 4 rings (SSSR count). The van der Waals surface area contributed by atoms with Gasteiger partial charge >= 0.3 is 6.18 Å². The summed E-state index contributed by atoms with van der Waals surface area (Å²) in [7, 11) is 0. The van der Waals surface area contributed by atoms with Gasteiger partial charge in [-0.05, 0) is 96.7 Å². The Morgan fingerprint density at radius 1 is 0.966 bits per heavy atom. The van der Waals surface area contributed by atoms with Gasteiger partial charge in [0, 0.05) is 0 Å². The van der Waals surface area contributed by atoms with Gasteiger partial charge in [0.2, 0.25) is 0 Å². The summed E-state index contributed by atoms with van der Waals surface area (Å²) < 4.78 is 52.5. The Morgan fingerprint density at radius 3 is 2.31 bits per heavy atom. The van der Waals surface area contributed by atoms with Crippen molar-refractivity contribution in [2.45, 2.75) is 64.0 Å². The van der Waals surface area contributed by atoms with E-state index in [4.69, 9.17) is 0 Å². The van der Waals surface area contributed by atoms with Gasteiger partial charge in [0.25, 0.3) is 0 Å². The highest BCUT2D eigenvalue weighted by Crippen LogP contribution is 2.40. The van der Waals surface area contributed by atoms with Gasteiger partial charge in [-0.3, -0.25) is 0 Å². The van der Waals surface area contributed by atoms with Gasteiger partial charge in [0.05, 0.1) is 5.56 Å². The number of hydrogen-bond acceptors (Lipinski definition) is 0. The highest BCUT2D eigenvalue weighted by Gasteiger charge is 2.34. The number of hydrogen-bond donors (Lipinski definition) is 0. The lowest BCUT2D eigenvalue weighted by molar-refractivity contribution is -0.140. The van der Waals surface area contributed by atoms with E-state index in [-0.39, 0.29) is 5.92 Å². The Labute approximate surface area is 169 Å². The Bertz CT molecular complexity index is 923. The second-order valence-corrected chi connectivity index (χ2v) is 8.36. The van der Waals surface area contributed by atoms with Crippen molar-refractivity contribution in [1.29, 1.82) is 0 Å². The van der Waals surface area contributed by atoms with E-state index in [1.165, 1.54) is 34.7 Å². The van der Waals surface area contributed by atoms with Crippen molar-refractivity contribution in [2.24, 2.45) is 5.92 Å². The largest absolute Gasteiger partial charge is 0.419 e. The summed E-state index contributed by atoms with van der Waals surface area (Å²) in [5.74, 6) is -0.481. The Kier molecular flexibility index (Phi) is 5.54. The lowest BCUT2D eigenvalue weighted by atomic mass is 9.73. The van der Waals surface area contributed by atoms with Crippen LogP contribution < -0.4 is 0 Å². The number of rotatable bonds is 3. The fraction of sp³-hybridized carbons (Fsp3) is 0.440. The zero-order valence-corrected chi connectivity index (χ0v) is 16.7. The average Bonchev–Trinajstić information content (AvgIpc) is 2.70. The molecule has 0 fully saturated rings. The molecule has 0 bridgehead atoms. The van der Waals surface area contributed by atoms with E-state index in [1.54, 1.807) is 0 Å². The van der Waals surface area contributed by atoms with Crippen molar-refractivity contribution in [1.82, 2.24) is 0 Å². The third-order valence-corrected chi connectivity index (χ3v) is 6.50. The third kappa shape index (κ3) is 4.12. The summed E-state index contributed by atoms with van der Waals surface area (Å²) in [4.78, 5) is 0. The van der Waals surface area contributed by atoms with Crippen LogP contribution in [0, 0.1) is 11.7 Å². The van der Waals surface area contributed by atoms with E-state index in [0.717, 1.165) is 50.7 Å². The van der Waals surface area contributed by atoms with Crippen LogP contribution in [0.5, 0.6) is 0 Å². The molecule has 154 valence electrons. The predicted molar refractivity (Wildman–Crippen MR) is 108 cm³/mol. The zero-order chi connectivity index (χ0) is 20.6. The molecule has 0 saturated heterocycles. The monoisotopic (exact) mass is 402 g/mol. The second-order valence-electron chi connectivity index (χ2n) is 8.36. The Hall–Kier alpha value is -2.10. The molecule has 0 aromatic heterocycles. The normalized spacial score (nSPS) is 21.8. The van der Waals surface area contributed by atoms with Crippen LogP contribution in [0.3, 0.4) is 0 Å². The first-order chi connectivity index (χ1) is 13.9. The molecule has 2 atom stereocenters. The van der Waals surface area contributed by atoms with E-state index in [2.05, 4.69) is 31.2 Å². The van der Waals surface area contributed by atoms with Crippen molar-refractivity contribution < 1.29 is 17.6 Å². The van der Waals surface area contributed by atoms with Crippen LogP contribution >= 0.6 is 0 Å². The molecule has 0 saturated carbocycles. The number of fused-ring (bicyclic) bond motifs is 3. The molecule has 4 heteroatoms. The van der Waals surface area contributed by atoms with Crippen LogP contribution in [-0.4, -0.2) is 0 Å². The van der Waals surface area contributed by atoms with Gasteiger partial charge in [-0.15, -0.1) is 0 Å². The molecular weight excluding hydrogens is 376 g/mol. The smallest absolute Gasteiger partial charge is 0.206 e. The summed E-state index contributed by atoms with van der Waals surface area (Å²) in [5.41, 5.74) is 5.13. The first-order valence-electron chi connectivity index (χ1n) is 10.5. The maximum atomic E-state index is 14.0. The van der Waals surface area contributed by atoms with Gasteiger partial charge in [0.1, 0.15) is 5.82 Å². The van der Waals surface area contributed by atoms with Gasteiger partial charge < -0.3 is 0 Å². The molecule has 29 heavy (non-hydrogen) atoms. The molecule has 0 radical (unpaired) electrons. The molecule has 0 unspecified atom stereocenters. The minimum atomic E-state index is -4.65. The molecule has 2 aromatic carbocycles. The topological polar surface area (TPSA) is 0 Å². The lowest BCUT2D eigenvalue weighted by Gasteiger charge is -2.31. The first kappa shape index (κ1) is 20.2. The molecule has 0 nitrogen and oxygen atoms in total. The minimum Gasteiger partial charge on any atom is -0.206 e. The van der Waals surface area contributed by atoms with Crippen LogP contribution in [0.1, 0.15) is 65.5 Å². The van der Waals surface area contributed by atoms with Gasteiger partial charge in [-0.2, -0.15) is 13.2 Å². The second kappa shape index (κ2) is 7.97. The number of halogens is 4. The van der Waals surface area contributed by atoms with Crippen molar-refractivity contribution >= 4 is 0 Å². The van der Waals surface area contributed by atoms with Crippen LogP contribution in [0.25, 0.3) is 0 Å². The van der Waals surface area contributed by atoms with E-state index in [0.29, 0.717) is 11.5 Å². The van der Waals surface area contributed by atoms with Crippen molar-refractivity contribution in [3.8, 4) is 0 Å². The maximum absolute atomic E-state index is 14.0. The van der Waals surface area contributed by atoms with Crippen LogP contribution in [0.15, 0.2) is 42.5 Å². The Morgan fingerprint density at radius 2 is 1.66 bits per heavy atom. The standard InChI is InChI=1S/C25H26F4/c1-2-3-4-16-5-10-21-19(13-16)6-7-20-14-17(8-11-22(20)21)18-9-12-23(24(26)15-18)25(27,28)29/h3-4,6-7,9,12,15-17H,2,5,8,10-11,13-14H2,1H3/t16-,17-/m0/s1. The van der Waals surface area contributed by atoms with Gasteiger partial charge in [-0.1, -0.05) is 37.3 Å². The average molecular weight is 402 g/mol. The minimum absolute atomic E-state index is 0.0705. The molecule has 0 spiro atoms.